The van der Waals surface area contributed by atoms with Gasteiger partial charge in [0, 0.05) is 24.5 Å². The Hall–Kier alpha value is -2.36. The van der Waals surface area contributed by atoms with Crippen molar-refractivity contribution in [2.45, 2.75) is 12.8 Å². The number of halogens is 1. The van der Waals surface area contributed by atoms with Crippen LogP contribution in [0.15, 0.2) is 48.5 Å². The summed E-state index contributed by atoms with van der Waals surface area (Å²) in [5, 5.41) is 2.76. The Balaban J connectivity index is 1.77. The van der Waals surface area contributed by atoms with E-state index >= 15 is 0 Å². The Labute approximate surface area is 123 Å². The normalized spacial score (nSPS) is 14.2. The predicted molar refractivity (Wildman–Crippen MR) is 82.2 cm³/mol. The van der Waals surface area contributed by atoms with Crippen LogP contribution in [0.3, 0.4) is 0 Å². The first-order chi connectivity index (χ1) is 10.2. The van der Waals surface area contributed by atoms with E-state index < -0.39 is 11.7 Å². The first-order valence-electron chi connectivity index (χ1n) is 7.15. The van der Waals surface area contributed by atoms with E-state index in [9.17, 15) is 9.18 Å². The van der Waals surface area contributed by atoms with Gasteiger partial charge in [-0.05, 0) is 43.2 Å². The van der Waals surface area contributed by atoms with Gasteiger partial charge in [0.25, 0.3) is 5.91 Å². The number of anilines is 2. The molecule has 0 aromatic heterocycles. The fraction of sp³-hybridized carbons (Fsp3) is 0.235. The van der Waals surface area contributed by atoms with Gasteiger partial charge in [-0.2, -0.15) is 0 Å². The van der Waals surface area contributed by atoms with Crippen LogP contribution in [0, 0.1) is 5.82 Å². The summed E-state index contributed by atoms with van der Waals surface area (Å²) in [5.41, 5.74) is 1.84. The quantitative estimate of drug-likeness (QED) is 0.932. The van der Waals surface area contributed by atoms with Crippen LogP contribution in [0.1, 0.15) is 23.2 Å². The second-order valence-electron chi connectivity index (χ2n) is 5.18. The number of carbonyl (C=O) groups is 1. The molecule has 108 valence electrons. The highest BCUT2D eigenvalue weighted by atomic mass is 19.1. The zero-order valence-corrected chi connectivity index (χ0v) is 11.7. The summed E-state index contributed by atoms with van der Waals surface area (Å²) >= 11 is 0. The fourth-order valence-corrected chi connectivity index (χ4v) is 2.60. The van der Waals surface area contributed by atoms with Gasteiger partial charge < -0.3 is 10.2 Å². The van der Waals surface area contributed by atoms with Gasteiger partial charge in [0.2, 0.25) is 0 Å². The monoisotopic (exact) mass is 284 g/mol. The summed E-state index contributed by atoms with van der Waals surface area (Å²) in [4.78, 5) is 14.4. The van der Waals surface area contributed by atoms with Crippen LogP contribution >= 0.6 is 0 Å². The molecule has 0 radical (unpaired) electrons. The maximum Gasteiger partial charge on any atom is 0.258 e. The van der Waals surface area contributed by atoms with Gasteiger partial charge in [-0.15, -0.1) is 0 Å². The molecule has 1 heterocycles. The third-order valence-corrected chi connectivity index (χ3v) is 3.69. The third-order valence-electron chi connectivity index (χ3n) is 3.69. The van der Waals surface area contributed by atoms with Crippen LogP contribution in [0.5, 0.6) is 0 Å². The Bertz CT molecular complexity index is 651. The minimum absolute atomic E-state index is 0.0593. The van der Waals surface area contributed by atoms with Gasteiger partial charge in [-0.3, -0.25) is 4.79 Å². The highest BCUT2D eigenvalue weighted by molar-refractivity contribution is 6.04. The molecule has 0 spiro atoms. The van der Waals surface area contributed by atoms with Crippen molar-refractivity contribution in [3.05, 3.63) is 59.9 Å². The standard InChI is InChI=1S/C17H17FN2O/c18-16-9-2-1-8-15(16)17(21)19-13-6-5-7-14(12-13)20-10-3-4-11-20/h1-2,5-9,12H,3-4,10-11H2,(H,19,21). The average Bonchev–Trinajstić information content (AvgIpc) is 3.02. The average molecular weight is 284 g/mol. The lowest BCUT2D eigenvalue weighted by molar-refractivity contribution is 0.102. The number of hydrogen-bond acceptors (Lipinski definition) is 2. The molecule has 1 N–H and O–H groups in total. The van der Waals surface area contributed by atoms with Gasteiger partial charge in [-0.1, -0.05) is 18.2 Å². The van der Waals surface area contributed by atoms with Gasteiger partial charge in [-0.25, -0.2) is 4.39 Å². The Morgan fingerprint density at radius 2 is 1.81 bits per heavy atom. The summed E-state index contributed by atoms with van der Waals surface area (Å²) in [6.07, 6.45) is 2.40. The van der Waals surface area contributed by atoms with E-state index in [1.807, 2.05) is 24.3 Å². The topological polar surface area (TPSA) is 32.3 Å². The molecule has 3 nitrogen and oxygen atoms in total. The number of nitrogens with one attached hydrogen (secondary N) is 1. The van der Waals surface area contributed by atoms with Crippen molar-refractivity contribution in [2.24, 2.45) is 0 Å². The molecule has 0 atom stereocenters. The van der Waals surface area contributed by atoms with E-state index in [1.54, 1.807) is 12.1 Å². The number of hydrogen-bond donors (Lipinski definition) is 1. The van der Waals surface area contributed by atoms with Crippen molar-refractivity contribution in [3.63, 3.8) is 0 Å². The van der Waals surface area contributed by atoms with E-state index in [0.29, 0.717) is 5.69 Å². The maximum atomic E-state index is 13.6. The summed E-state index contributed by atoms with van der Waals surface area (Å²) in [5.74, 6) is -0.933. The number of carbonyl (C=O) groups excluding carboxylic acids is 1. The lowest BCUT2D eigenvalue weighted by Gasteiger charge is -2.18. The molecular weight excluding hydrogens is 267 g/mol. The first-order valence-corrected chi connectivity index (χ1v) is 7.15. The molecule has 21 heavy (non-hydrogen) atoms. The van der Waals surface area contributed by atoms with E-state index in [2.05, 4.69) is 10.2 Å². The van der Waals surface area contributed by atoms with Crippen LogP contribution in [-0.2, 0) is 0 Å². The van der Waals surface area contributed by atoms with Crippen LogP contribution in [-0.4, -0.2) is 19.0 Å². The van der Waals surface area contributed by atoms with Crippen molar-refractivity contribution in [1.29, 1.82) is 0 Å². The second kappa shape index (κ2) is 5.95. The molecule has 2 aromatic rings. The Morgan fingerprint density at radius 1 is 1.05 bits per heavy atom. The number of benzene rings is 2. The molecule has 0 saturated carbocycles. The number of rotatable bonds is 3. The van der Waals surface area contributed by atoms with Crippen molar-refractivity contribution < 1.29 is 9.18 Å². The highest BCUT2D eigenvalue weighted by Gasteiger charge is 2.14. The highest BCUT2D eigenvalue weighted by Crippen LogP contribution is 2.23. The van der Waals surface area contributed by atoms with Gasteiger partial charge >= 0.3 is 0 Å². The summed E-state index contributed by atoms with van der Waals surface area (Å²) < 4.78 is 13.6. The number of nitrogens with zero attached hydrogens (tertiary/aromatic N) is 1. The second-order valence-corrected chi connectivity index (χ2v) is 5.18. The van der Waals surface area contributed by atoms with Crippen LogP contribution in [0.25, 0.3) is 0 Å². The Kier molecular flexibility index (Phi) is 3.86. The molecule has 1 aliphatic rings. The molecule has 4 heteroatoms. The van der Waals surface area contributed by atoms with Gasteiger partial charge in [0.05, 0.1) is 5.56 Å². The molecule has 0 bridgehead atoms. The molecule has 1 fully saturated rings. The van der Waals surface area contributed by atoms with Crippen molar-refractivity contribution in [2.75, 3.05) is 23.3 Å². The van der Waals surface area contributed by atoms with Crippen LogP contribution in [0.4, 0.5) is 15.8 Å². The molecular formula is C17H17FN2O. The van der Waals surface area contributed by atoms with Crippen molar-refractivity contribution in [3.8, 4) is 0 Å². The maximum absolute atomic E-state index is 13.6. The minimum Gasteiger partial charge on any atom is -0.371 e. The molecule has 2 aromatic carbocycles. The van der Waals surface area contributed by atoms with Crippen molar-refractivity contribution in [1.82, 2.24) is 0 Å². The molecule has 3 rings (SSSR count). The predicted octanol–water partition coefficient (Wildman–Crippen LogP) is 3.68. The summed E-state index contributed by atoms with van der Waals surface area (Å²) in [6, 6.07) is 13.7. The van der Waals surface area contributed by atoms with E-state index in [0.717, 1.165) is 18.8 Å². The molecule has 0 unspecified atom stereocenters. The van der Waals surface area contributed by atoms with Crippen LogP contribution in [0.2, 0.25) is 0 Å². The molecule has 1 saturated heterocycles. The minimum atomic E-state index is -0.509. The lowest BCUT2D eigenvalue weighted by atomic mass is 10.2. The smallest absolute Gasteiger partial charge is 0.258 e. The van der Waals surface area contributed by atoms with Crippen molar-refractivity contribution >= 4 is 17.3 Å². The first kappa shape index (κ1) is 13.6. The Morgan fingerprint density at radius 3 is 2.57 bits per heavy atom. The number of amides is 1. The summed E-state index contributed by atoms with van der Waals surface area (Å²) in [6.45, 7) is 2.09. The zero-order valence-electron chi connectivity index (χ0n) is 11.7. The zero-order chi connectivity index (χ0) is 14.7. The van der Waals surface area contributed by atoms with E-state index in [4.69, 9.17) is 0 Å². The molecule has 0 aliphatic carbocycles. The van der Waals surface area contributed by atoms with E-state index in [1.165, 1.54) is 25.0 Å². The lowest BCUT2D eigenvalue weighted by Crippen LogP contribution is -2.18. The van der Waals surface area contributed by atoms with Crippen LogP contribution < -0.4 is 10.2 Å². The van der Waals surface area contributed by atoms with E-state index in [-0.39, 0.29) is 5.56 Å². The third kappa shape index (κ3) is 3.05. The molecule has 1 aliphatic heterocycles. The van der Waals surface area contributed by atoms with Gasteiger partial charge in [0.1, 0.15) is 5.82 Å². The summed E-state index contributed by atoms with van der Waals surface area (Å²) in [7, 11) is 0. The van der Waals surface area contributed by atoms with Gasteiger partial charge in [0.15, 0.2) is 0 Å². The largest absolute Gasteiger partial charge is 0.371 e. The molecule has 1 amide bonds. The fourth-order valence-electron chi connectivity index (χ4n) is 2.60. The SMILES string of the molecule is O=C(Nc1cccc(N2CCCC2)c1)c1ccccc1F.